The minimum atomic E-state index is -0.246. The van der Waals surface area contributed by atoms with Crippen LogP contribution in [-0.2, 0) is 4.79 Å². The lowest BCUT2D eigenvalue weighted by molar-refractivity contribution is -0.115. The molecule has 0 aromatic heterocycles. The summed E-state index contributed by atoms with van der Waals surface area (Å²) in [6, 6.07) is 7.82. The number of hydrogen-bond donors (Lipinski definition) is 2. The van der Waals surface area contributed by atoms with Crippen molar-refractivity contribution in [2.45, 2.75) is 0 Å². The van der Waals surface area contributed by atoms with Crippen LogP contribution in [0.15, 0.2) is 34.3 Å². The SMILES string of the molecule is CN(C)c1ccc(/C=C2\S/C(=N/O)NC2=O)cc1. The van der Waals surface area contributed by atoms with Gasteiger partial charge in [0, 0.05) is 19.8 Å². The Morgan fingerprint density at radius 3 is 2.50 bits per heavy atom. The molecule has 1 aliphatic rings. The number of thioether (sulfide) groups is 1. The molecule has 0 bridgehead atoms. The fraction of sp³-hybridized carbons (Fsp3) is 0.167. The van der Waals surface area contributed by atoms with Crippen molar-refractivity contribution in [3.05, 3.63) is 34.7 Å². The zero-order chi connectivity index (χ0) is 13.1. The second-order valence-electron chi connectivity index (χ2n) is 3.96. The first-order chi connectivity index (χ1) is 8.60. The highest BCUT2D eigenvalue weighted by Gasteiger charge is 2.23. The Kier molecular flexibility index (Phi) is 3.57. The largest absolute Gasteiger partial charge is 0.409 e. The van der Waals surface area contributed by atoms with E-state index in [1.165, 1.54) is 0 Å². The van der Waals surface area contributed by atoms with Crippen LogP contribution in [0.25, 0.3) is 6.08 Å². The number of nitrogens with one attached hydrogen (secondary N) is 1. The van der Waals surface area contributed by atoms with Crippen molar-refractivity contribution < 1.29 is 10.0 Å². The average molecular weight is 263 g/mol. The molecule has 1 amide bonds. The van der Waals surface area contributed by atoms with E-state index < -0.39 is 0 Å². The van der Waals surface area contributed by atoms with E-state index in [1.807, 2.05) is 43.3 Å². The molecule has 1 aromatic rings. The van der Waals surface area contributed by atoms with E-state index in [1.54, 1.807) is 6.08 Å². The zero-order valence-electron chi connectivity index (χ0n) is 10.0. The normalized spacial score (nSPS) is 19.3. The van der Waals surface area contributed by atoms with Gasteiger partial charge in [0.25, 0.3) is 5.91 Å². The monoisotopic (exact) mass is 263 g/mol. The quantitative estimate of drug-likeness (QED) is 0.484. The van der Waals surface area contributed by atoms with Crippen LogP contribution >= 0.6 is 11.8 Å². The van der Waals surface area contributed by atoms with Crippen molar-refractivity contribution >= 4 is 34.6 Å². The second-order valence-corrected chi connectivity index (χ2v) is 4.99. The molecule has 1 heterocycles. The fourth-order valence-corrected chi connectivity index (χ4v) is 2.23. The van der Waals surface area contributed by atoms with Crippen molar-refractivity contribution in [1.82, 2.24) is 5.32 Å². The first-order valence-corrected chi connectivity index (χ1v) is 6.12. The maximum absolute atomic E-state index is 11.5. The first kappa shape index (κ1) is 12.5. The van der Waals surface area contributed by atoms with Gasteiger partial charge in [-0.05, 0) is 35.5 Å². The van der Waals surface area contributed by atoms with E-state index in [0.717, 1.165) is 23.0 Å². The van der Waals surface area contributed by atoms with Crippen LogP contribution in [0.2, 0.25) is 0 Å². The van der Waals surface area contributed by atoms with Gasteiger partial charge in [0.1, 0.15) is 0 Å². The average Bonchev–Trinajstić information content (AvgIpc) is 2.71. The number of rotatable bonds is 2. The third kappa shape index (κ3) is 2.65. The molecule has 1 saturated heterocycles. The van der Waals surface area contributed by atoms with Gasteiger partial charge in [0.05, 0.1) is 4.91 Å². The predicted octanol–water partition coefficient (Wildman–Crippen LogP) is 1.70. The summed E-state index contributed by atoms with van der Waals surface area (Å²) < 4.78 is 0. The Labute approximate surface area is 109 Å². The van der Waals surface area contributed by atoms with Gasteiger partial charge < -0.3 is 10.1 Å². The minimum Gasteiger partial charge on any atom is -0.409 e. The number of amidine groups is 1. The van der Waals surface area contributed by atoms with Gasteiger partial charge in [-0.2, -0.15) is 0 Å². The van der Waals surface area contributed by atoms with Gasteiger partial charge in [0.15, 0.2) is 0 Å². The van der Waals surface area contributed by atoms with E-state index in [0.29, 0.717) is 4.91 Å². The number of carbonyl (C=O) groups is 1. The van der Waals surface area contributed by atoms with Crippen LogP contribution in [0, 0.1) is 0 Å². The van der Waals surface area contributed by atoms with Gasteiger partial charge in [-0.25, -0.2) is 0 Å². The van der Waals surface area contributed by atoms with Crippen molar-refractivity contribution in [2.75, 3.05) is 19.0 Å². The summed E-state index contributed by atoms with van der Waals surface area (Å²) in [4.78, 5) is 14.0. The van der Waals surface area contributed by atoms with E-state index in [-0.39, 0.29) is 11.1 Å². The van der Waals surface area contributed by atoms with Crippen LogP contribution in [0.4, 0.5) is 5.69 Å². The number of amides is 1. The maximum Gasteiger partial charge on any atom is 0.264 e. The molecule has 0 saturated carbocycles. The predicted molar refractivity (Wildman–Crippen MR) is 73.7 cm³/mol. The minimum absolute atomic E-state index is 0.205. The van der Waals surface area contributed by atoms with Crippen LogP contribution in [0.5, 0.6) is 0 Å². The van der Waals surface area contributed by atoms with Crippen molar-refractivity contribution in [3.63, 3.8) is 0 Å². The summed E-state index contributed by atoms with van der Waals surface area (Å²) in [5.41, 5.74) is 2.02. The van der Waals surface area contributed by atoms with Crippen LogP contribution in [-0.4, -0.2) is 30.4 Å². The van der Waals surface area contributed by atoms with E-state index in [4.69, 9.17) is 5.21 Å². The molecular formula is C12H13N3O2S. The van der Waals surface area contributed by atoms with E-state index in [2.05, 4.69) is 10.5 Å². The van der Waals surface area contributed by atoms with Crippen molar-refractivity contribution in [3.8, 4) is 0 Å². The number of oxime groups is 1. The smallest absolute Gasteiger partial charge is 0.264 e. The van der Waals surface area contributed by atoms with E-state index in [9.17, 15) is 4.79 Å². The number of hydrogen-bond acceptors (Lipinski definition) is 5. The summed E-state index contributed by atoms with van der Waals surface area (Å²) in [6.07, 6.45) is 1.76. The van der Waals surface area contributed by atoms with Crippen LogP contribution in [0.1, 0.15) is 5.56 Å². The van der Waals surface area contributed by atoms with Crippen LogP contribution < -0.4 is 10.2 Å². The number of nitrogens with zero attached hydrogens (tertiary/aromatic N) is 2. The Morgan fingerprint density at radius 2 is 2.00 bits per heavy atom. The Bertz CT molecular complexity index is 521. The molecule has 1 aliphatic heterocycles. The molecule has 0 unspecified atom stereocenters. The first-order valence-electron chi connectivity index (χ1n) is 5.30. The lowest BCUT2D eigenvalue weighted by Gasteiger charge is -2.11. The lowest BCUT2D eigenvalue weighted by Crippen LogP contribution is -2.19. The third-order valence-corrected chi connectivity index (χ3v) is 3.35. The molecule has 1 fully saturated rings. The second kappa shape index (κ2) is 5.14. The van der Waals surface area contributed by atoms with Gasteiger partial charge in [-0.15, -0.1) is 0 Å². The van der Waals surface area contributed by atoms with Crippen molar-refractivity contribution in [2.24, 2.45) is 5.16 Å². The highest BCUT2D eigenvalue weighted by molar-refractivity contribution is 8.18. The lowest BCUT2D eigenvalue weighted by atomic mass is 10.2. The van der Waals surface area contributed by atoms with Gasteiger partial charge in [0.2, 0.25) is 5.17 Å². The maximum atomic E-state index is 11.5. The van der Waals surface area contributed by atoms with Crippen LogP contribution in [0.3, 0.4) is 0 Å². The molecule has 94 valence electrons. The number of carbonyl (C=O) groups excluding carboxylic acids is 1. The highest BCUT2D eigenvalue weighted by Crippen LogP contribution is 2.26. The Morgan fingerprint density at radius 1 is 1.33 bits per heavy atom. The zero-order valence-corrected chi connectivity index (χ0v) is 10.9. The molecule has 0 radical (unpaired) electrons. The molecule has 5 nitrogen and oxygen atoms in total. The molecule has 2 rings (SSSR count). The summed E-state index contributed by atoms with van der Waals surface area (Å²) >= 11 is 1.11. The fourth-order valence-electron chi connectivity index (χ4n) is 1.50. The molecule has 0 spiro atoms. The molecule has 2 N–H and O–H groups in total. The van der Waals surface area contributed by atoms with E-state index >= 15 is 0 Å². The third-order valence-electron chi connectivity index (χ3n) is 2.45. The summed E-state index contributed by atoms with van der Waals surface area (Å²) in [5, 5.41) is 14.2. The Hall–Kier alpha value is -1.95. The molecule has 18 heavy (non-hydrogen) atoms. The summed E-state index contributed by atoms with van der Waals surface area (Å²) in [7, 11) is 3.94. The molecule has 1 aromatic carbocycles. The molecule has 6 heteroatoms. The highest BCUT2D eigenvalue weighted by atomic mass is 32.2. The summed E-state index contributed by atoms with van der Waals surface area (Å²) in [5.74, 6) is -0.246. The van der Waals surface area contributed by atoms with Gasteiger partial charge in [-0.1, -0.05) is 17.3 Å². The molecule has 0 atom stereocenters. The van der Waals surface area contributed by atoms with Crippen molar-refractivity contribution in [1.29, 1.82) is 0 Å². The summed E-state index contributed by atoms with van der Waals surface area (Å²) in [6.45, 7) is 0. The number of anilines is 1. The Balaban J connectivity index is 2.21. The molecule has 0 aliphatic carbocycles. The topological polar surface area (TPSA) is 64.9 Å². The number of benzene rings is 1. The van der Waals surface area contributed by atoms with Gasteiger partial charge in [-0.3, -0.25) is 10.1 Å². The standard InChI is InChI=1S/C12H13N3O2S/c1-15(2)9-5-3-8(4-6-9)7-10-11(16)13-12(14-17)18-10/h3-7,17H,1-2H3,(H,13,14,16)/b10-7-. The van der Waals surface area contributed by atoms with Gasteiger partial charge >= 0.3 is 0 Å². The molecular weight excluding hydrogens is 250 g/mol.